The summed E-state index contributed by atoms with van der Waals surface area (Å²) in [7, 11) is 0. The molecule has 0 amide bonds. The van der Waals surface area contributed by atoms with E-state index in [9.17, 15) is 0 Å². The van der Waals surface area contributed by atoms with E-state index in [1.807, 2.05) is 0 Å². The summed E-state index contributed by atoms with van der Waals surface area (Å²) in [4.78, 5) is 0. The van der Waals surface area contributed by atoms with Crippen LogP contribution in [0.1, 0.15) is 64.5 Å². The first-order valence-electron chi connectivity index (χ1n) is 8.37. The fraction of sp³-hybridized carbons (Fsp3) is 0.684. The van der Waals surface area contributed by atoms with E-state index in [1.54, 1.807) is 0 Å². The van der Waals surface area contributed by atoms with Gasteiger partial charge in [0.05, 0.1) is 12.7 Å². The molecular weight excluding hydrogens is 258 g/mol. The first kappa shape index (κ1) is 16.5. The van der Waals surface area contributed by atoms with Gasteiger partial charge in [-0.05, 0) is 50.7 Å². The Balaban J connectivity index is 1.83. The van der Waals surface area contributed by atoms with Crippen molar-refractivity contribution in [2.45, 2.75) is 78.2 Å². The van der Waals surface area contributed by atoms with Gasteiger partial charge in [0.25, 0.3) is 0 Å². The van der Waals surface area contributed by atoms with Gasteiger partial charge >= 0.3 is 0 Å². The summed E-state index contributed by atoms with van der Waals surface area (Å²) in [6, 6.07) is 8.77. The first-order valence-corrected chi connectivity index (χ1v) is 8.37. The molecule has 1 aromatic carbocycles. The molecule has 0 saturated heterocycles. The second-order valence-electron chi connectivity index (χ2n) is 7.63. The predicted octanol–water partition coefficient (Wildman–Crippen LogP) is 4.67. The number of hydrogen-bond donors (Lipinski definition) is 1. The Morgan fingerprint density at radius 2 is 1.95 bits per heavy atom. The van der Waals surface area contributed by atoms with Gasteiger partial charge in [-0.2, -0.15) is 0 Å². The van der Waals surface area contributed by atoms with Gasteiger partial charge in [0.1, 0.15) is 0 Å². The molecule has 2 nitrogen and oxygen atoms in total. The molecule has 1 aromatic rings. The zero-order valence-corrected chi connectivity index (χ0v) is 14.1. The van der Waals surface area contributed by atoms with Gasteiger partial charge in [0.15, 0.2) is 0 Å². The molecule has 0 spiro atoms. The van der Waals surface area contributed by atoms with Gasteiger partial charge in [-0.1, -0.05) is 44.0 Å². The van der Waals surface area contributed by atoms with Crippen LogP contribution in [0.3, 0.4) is 0 Å². The molecule has 118 valence electrons. The quantitative estimate of drug-likeness (QED) is 0.850. The molecule has 0 aromatic heterocycles. The highest BCUT2D eigenvalue weighted by Crippen LogP contribution is 2.26. The van der Waals surface area contributed by atoms with Gasteiger partial charge in [0, 0.05) is 12.1 Å². The minimum atomic E-state index is 0.157. The van der Waals surface area contributed by atoms with Crippen molar-refractivity contribution in [3.8, 4) is 0 Å². The molecule has 0 bridgehead atoms. The summed E-state index contributed by atoms with van der Waals surface area (Å²) in [5.74, 6) is 0.825. The van der Waals surface area contributed by atoms with Crippen LogP contribution in [0.25, 0.3) is 0 Å². The molecule has 1 N–H and O–H groups in total. The monoisotopic (exact) mass is 289 g/mol. The lowest BCUT2D eigenvalue weighted by Gasteiger charge is -2.27. The lowest BCUT2D eigenvalue weighted by Crippen LogP contribution is -2.35. The maximum atomic E-state index is 6.12. The minimum absolute atomic E-state index is 0.157. The lowest BCUT2D eigenvalue weighted by atomic mass is 9.89. The number of benzene rings is 1. The maximum Gasteiger partial charge on any atom is 0.0720 e. The highest BCUT2D eigenvalue weighted by atomic mass is 16.5. The molecule has 21 heavy (non-hydrogen) atoms. The van der Waals surface area contributed by atoms with Gasteiger partial charge in [-0.25, -0.2) is 0 Å². The summed E-state index contributed by atoms with van der Waals surface area (Å²) in [6.45, 7) is 10.6. The summed E-state index contributed by atoms with van der Waals surface area (Å²) >= 11 is 0. The van der Waals surface area contributed by atoms with Crippen molar-refractivity contribution in [2.75, 3.05) is 0 Å². The zero-order chi connectivity index (χ0) is 15.3. The Morgan fingerprint density at radius 1 is 1.19 bits per heavy atom. The zero-order valence-electron chi connectivity index (χ0n) is 14.1. The Bertz CT molecular complexity index is 435. The largest absolute Gasteiger partial charge is 0.374 e. The number of hydrogen-bond acceptors (Lipinski definition) is 2. The van der Waals surface area contributed by atoms with E-state index >= 15 is 0 Å². The fourth-order valence-corrected chi connectivity index (χ4v) is 2.94. The molecule has 2 atom stereocenters. The van der Waals surface area contributed by atoms with Gasteiger partial charge < -0.3 is 10.1 Å². The SMILES string of the molecule is CC1CCCC(OCc2cccc(CNC(C)(C)C)c2)C1. The average molecular weight is 289 g/mol. The van der Waals surface area contributed by atoms with Crippen molar-refractivity contribution >= 4 is 0 Å². The second kappa shape index (κ2) is 7.42. The lowest BCUT2D eigenvalue weighted by molar-refractivity contribution is 0.00464. The van der Waals surface area contributed by atoms with E-state index in [1.165, 1.54) is 36.8 Å². The third kappa shape index (κ3) is 6.19. The highest BCUT2D eigenvalue weighted by Gasteiger charge is 2.19. The van der Waals surface area contributed by atoms with E-state index in [2.05, 4.69) is 57.3 Å². The van der Waals surface area contributed by atoms with Crippen LogP contribution in [0, 0.1) is 5.92 Å². The Hall–Kier alpha value is -0.860. The van der Waals surface area contributed by atoms with Gasteiger partial charge in [-0.3, -0.25) is 0 Å². The van der Waals surface area contributed by atoms with Crippen molar-refractivity contribution in [3.05, 3.63) is 35.4 Å². The normalized spacial score (nSPS) is 23.2. The van der Waals surface area contributed by atoms with Crippen LogP contribution < -0.4 is 5.32 Å². The number of nitrogens with one attached hydrogen (secondary N) is 1. The summed E-state index contributed by atoms with van der Waals surface area (Å²) in [5, 5.41) is 3.54. The first-order chi connectivity index (χ1) is 9.92. The predicted molar refractivity (Wildman–Crippen MR) is 89.2 cm³/mol. The van der Waals surface area contributed by atoms with Crippen molar-refractivity contribution in [1.29, 1.82) is 0 Å². The van der Waals surface area contributed by atoms with Gasteiger partial charge in [0.2, 0.25) is 0 Å². The number of ether oxygens (including phenoxy) is 1. The molecule has 0 radical (unpaired) electrons. The average Bonchev–Trinajstić information content (AvgIpc) is 2.43. The number of rotatable bonds is 5. The third-order valence-corrected chi connectivity index (χ3v) is 4.19. The Morgan fingerprint density at radius 3 is 2.67 bits per heavy atom. The van der Waals surface area contributed by atoms with Crippen molar-refractivity contribution in [1.82, 2.24) is 5.32 Å². The maximum absolute atomic E-state index is 6.12. The molecule has 1 saturated carbocycles. The van der Waals surface area contributed by atoms with Crippen LogP contribution in [0.5, 0.6) is 0 Å². The summed E-state index contributed by atoms with van der Waals surface area (Å²) < 4.78 is 6.12. The van der Waals surface area contributed by atoms with Crippen LogP contribution >= 0.6 is 0 Å². The van der Waals surface area contributed by atoms with Crippen molar-refractivity contribution in [3.63, 3.8) is 0 Å². The molecule has 2 rings (SSSR count). The standard InChI is InChI=1S/C19H31NO/c1-15-7-5-10-18(11-15)21-14-17-9-6-8-16(12-17)13-20-19(2,3)4/h6,8-9,12,15,18,20H,5,7,10-11,13-14H2,1-4H3. The molecule has 2 heteroatoms. The van der Waals surface area contributed by atoms with Crippen LogP contribution in [0.4, 0.5) is 0 Å². The second-order valence-corrected chi connectivity index (χ2v) is 7.63. The van der Waals surface area contributed by atoms with Crippen LogP contribution in [-0.4, -0.2) is 11.6 Å². The third-order valence-electron chi connectivity index (χ3n) is 4.19. The van der Waals surface area contributed by atoms with Crippen LogP contribution in [0.15, 0.2) is 24.3 Å². The fourth-order valence-electron chi connectivity index (χ4n) is 2.94. The molecular formula is C19H31NO. The topological polar surface area (TPSA) is 21.3 Å². The van der Waals surface area contributed by atoms with Gasteiger partial charge in [-0.15, -0.1) is 0 Å². The Kier molecular flexibility index (Phi) is 5.83. The van der Waals surface area contributed by atoms with E-state index in [0.29, 0.717) is 6.10 Å². The smallest absolute Gasteiger partial charge is 0.0720 e. The van der Waals surface area contributed by atoms with E-state index in [4.69, 9.17) is 4.74 Å². The molecule has 0 aliphatic heterocycles. The molecule has 2 unspecified atom stereocenters. The van der Waals surface area contributed by atoms with E-state index in [-0.39, 0.29) is 5.54 Å². The Labute approximate surface area is 130 Å². The summed E-state index contributed by atoms with van der Waals surface area (Å²) in [5.41, 5.74) is 2.79. The van der Waals surface area contributed by atoms with E-state index < -0.39 is 0 Å². The molecule has 1 aliphatic rings. The molecule has 1 aliphatic carbocycles. The highest BCUT2D eigenvalue weighted by molar-refractivity contribution is 5.23. The minimum Gasteiger partial charge on any atom is -0.374 e. The van der Waals surface area contributed by atoms with Crippen molar-refractivity contribution < 1.29 is 4.74 Å². The molecule has 0 heterocycles. The van der Waals surface area contributed by atoms with E-state index in [0.717, 1.165) is 19.1 Å². The summed E-state index contributed by atoms with van der Waals surface area (Å²) in [6.07, 6.45) is 5.61. The van der Waals surface area contributed by atoms with Crippen molar-refractivity contribution in [2.24, 2.45) is 5.92 Å². The van der Waals surface area contributed by atoms with Crippen LogP contribution in [-0.2, 0) is 17.9 Å². The van der Waals surface area contributed by atoms with Crippen LogP contribution in [0.2, 0.25) is 0 Å². The molecule has 1 fully saturated rings.